The van der Waals surface area contributed by atoms with Gasteiger partial charge in [0.2, 0.25) is 5.91 Å². The summed E-state index contributed by atoms with van der Waals surface area (Å²) in [6.07, 6.45) is 7.12. The normalized spacial score (nSPS) is 14.3. The number of nitrogens with zero attached hydrogens (tertiary/aromatic N) is 4. The molecule has 0 saturated heterocycles. The number of hydrogen-bond donors (Lipinski definition) is 0. The monoisotopic (exact) mass is 448 g/mol. The average molecular weight is 449 g/mol. The Labute approximate surface area is 194 Å². The van der Waals surface area contributed by atoms with E-state index in [0.717, 1.165) is 42.0 Å². The van der Waals surface area contributed by atoms with Crippen LogP contribution in [-0.2, 0) is 4.79 Å². The maximum atomic E-state index is 12.8. The van der Waals surface area contributed by atoms with Gasteiger partial charge in [-0.2, -0.15) is 5.10 Å². The number of aryl methyl sites for hydroxylation is 3. The summed E-state index contributed by atoms with van der Waals surface area (Å²) >= 11 is 6.12. The number of likely N-dealkylation sites (N-methyl/N-ethyl adjacent to an activating group) is 1. The van der Waals surface area contributed by atoms with Crippen LogP contribution in [0, 0.1) is 20.8 Å². The first kappa shape index (κ1) is 22.3. The summed E-state index contributed by atoms with van der Waals surface area (Å²) < 4.78 is 1.93. The molecule has 0 aliphatic carbocycles. The molecule has 0 fully saturated rings. The van der Waals surface area contributed by atoms with Gasteiger partial charge in [-0.05, 0) is 73.7 Å². The number of aromatic nitrogens is 2. The van der Waals surface area contributed by atoms with Crippen molar-refractivity contribution in [2.75, 3.05) is 31.6 Å². The lowest BCUT2D eigenvalue weighted by molar-refractivity contribution is -0.119. The SMILES string of the molecule is Cc1ccc(-n2cc(C3=CCN(CC(=O)N(C)c4cc(Cl)ccc4C)CC3)cn2)cc1C. The molecule has 166 valence electrons. The third-order valence-corrected chi connectivity index (χ3v) is 6.50. The Kier molecular flexibility index (Phi) is 6.49. The maximum Gasteiger partial charge on any atom is 0.240 e. The minimum Gasteiger partial charge on any atom is -0.314 e. The third-order valence-electron chi connectivity index (χ3n) is 6.27. The average Bonchev–Trinajstić information content (AvgIpc) is 3.27. The van der Waals surface area contributed by atoms with Crippen molar-refractivity contribution in [3.8, 4) is 5.69 Å². The minimum atomic E-state index is 0.0646. The van der Waals surface area contributed by atoms with Gasteiger partial charge < -0.3 is 4.90 Å². The van der Waals surface area contributed by atoms with Crippen molar-refractivity contribution in [1.82, 2.24) is 14.7 Å². The van der Waals surface area contributed by atoms with Gasteiger partial charge in [-0.25, -0.2) is 4.68 Å². The van der Waals surface area contributed by atoms with E-state index in [9.17, 15) is 4.79 Å². The fourth-order valence-corrected chi connectivity index (χ4v) is 4.16. The smallest absolute Gasteiger partial charge is 0.240 e. The van der Waals surface area contributed by atoms with Crippen molar-refractivity contribution in [2.24, 2.45) is 0 Å². The largest absolute Gasteiger partial charge is 0.314 e. The summed E-state index contributed by atoms with van der Waals surface area (Å²) in [5.41, 5.74) is 7.92. The number of benzene rings is 2. The first-order chi connectivity index (χ1) is 15.3. The Bertz CT molecular complexity index is 1180. The lowest BCUT2D eigenvalue weighted by Gasteiger charge is -2.28. The molecule has 4 rings (SSSR count). The van der Waals surface area contributed by atoms with Crippen LogP contribution in [0.15, 0.2) is 54.9 Å². The van der Waals surface area contributed by atoms with Crippen LogP contribution in [0.4, 0.5) is 5.69 Å². The minimum absolute atomic E-state index is 0.0646. The van der Waals surface area contributed by atoms with Crippen molar-refractivity contribution >= 4 is 28.8 Å². The predicted molar refractivity (Wildman–Crippen MR) is 132 cm³/mol. The zero-order valence-electron chi connectivity index (χ0n) is 19.1. The number of rotatable bonds is 5. The van der Waals surface area contributed by atoms with Crippen LogP contribution in [-0.4, -0.2) is 47.3 Å². The van der Waals surface area contributed by atoms with Crippen LogP contribution in [0.2, 0.25) is 5.02 Å². The first-order valence-electron chi connectivity index (χ1n) is 10.9. The Balaban J connectivity index is 1.40. The predicted octanol–water partition coefficient (Wildman–Crippen LogP) is 5.20. The molecule has 1 amide bonds. The van der Waals surface area contributed by atoms with Gasteiger partial charge in [0.25, 0.3) is 0 Å². The van der Waals surface area contributed by atoms with E-state index in [1.807, 2.05) is 43.0 Å². The molecule has 1 aromatic heterocycles. The standard InChI is InChI=1S/C26H29ClN4O/c1-18-6-8-24(13-20(18)3)31-16-22(15-28-31)21-9-11-30(12-10-21)17-26(32)29(4)25-14-23(27)7-5-19(25)2/h5-9,13-16H,10-12,17H2,1-4H3. The quantitative estimate of drug-likeness (QED) is 0.538. The molecule has 3 aromatic rings. The molecule has 6 heteroatoms. The summed E-state index contributed by atoms with van der Waals surface area (Å²) in [6.45, 7) is 8.20. The van der Waals surface area contributed by atoms with Crippen LogP contribution in [0.1, 0.15) is 28.7 Å². The Morgan fingerprint density at radius 3 is 2.59 bits per heavy atom. The molecule has 0 spiro atoms. The second-order valence-corrected chi connectivity index (χ2v) is 8.98. The van der Waals surface area contributed by atoms with Crippen LogP contribution in [0.25, 0.3) is 11.3 Å². The summed E-state index contributed by atoms with van der Waals surface area (Å²) in [5, 5.41) is 5.20. The van der Waals surface area contributed by atoms with Crippen molar-refractivity contribution in [3.63, 3.8) is 0 Å². The number of carbonyl (C=O) groups is 1. The van der Waals surface area contributed by atoms with E-state index in [0.29, 0.717) is 11.6 Å². The highest BCUT2D eigenvalue weighted by Gasteiger charge is 2.20. The van der Waals surface area contributed by atoms with E-state index in [1.165, 1.54) is 16.7 Å². The number of carbonyl (C=O) groups excluding carboxylic acids is 1. The lowest BCUT2D eigenvalue weighted by Crippen LogP contribution is -2.40. The van der Waals surface area contributed by atoms with Gasteiger partial charge in [0, 0.05) is 42.6 Å². The molecule has 0 bridgehead atoms. The second kappa shape index (κ2) is 9.31. The molecule has 0 radical (unpaired) electrons. The zero-order chi connectivity index (χ0) is 22.8. The van der Waals surface area contributed by atoms with Gasteiger partial charge in [0.15, 0.2) is 0 Å². The molecule has 5 nitrogen and oxygen atoms in total. The van der Waals surface area contributed by atoms with E-state index in [4.69, 9.17) is 11.6 Å². The molecule has 32 heavy (non-hydrogen) atoms. The highest BCUT2D eigenvalue weighted by atomic mass is 35.5. The third kappa shape index (κ3) is 4.79. The highest BCUT2D eigenvalue weighted by molar-refractivity contribution is 6.31. The summed E-state index contributed by atoms with van der Waals surface area (Å²) in [6, 6.07) is 12.0. The first-order valence-corrected chi connectivity index (χ1v) is 11.3. The molecule has 1 aliphatic heterocycles. The Morgan fingerprint density at radius 1 is 1.09 bits per heavy atom. The van der Waals surface area contributed by atoms with Crippen molar-refractivity contribution in [1.29, 1.82) is 0 Å². The maximum absolute atomic E-state index is 12.8. The molecule has 0 unspecified atom stereocenters. The number of hydrogen-bond acceptors (Lipinski definition) is 3. The van der Waals surface area contributed by atoms with Gasteiger partial charge in [-0.1, -0.05) is 29.8 Å². The van der Waals surface area contributed by atoms with Crippen LogP contribution < -0.4 is 4.90 Å². The fourth-order valence-electron chi connectivity index (χ4n) is 3.99. The Morgan fingerprint density at radius 2 is 1.88 bits per heavy atom. The van der Waals surface area contributed by atoms with Gasteiger partial charge in [0.1, 0.15) is 0 Å². The highest BCUT2D eigenvalue weighted by Crippen LogP contribution is 2.25. The molecule has 2 heterocycles. The molecule has 0 saturated carbocycles. The van der Waals surface area contributed by atoms with E-state index in [2.05, 4.69) is 54.3 Å². The summed E-state index contributed by atoms with van der Waals surface area (Å²) in [7, 11) is 1.81. The molecular weight excluding hydrogens is 420 g/mol. The Hall–Kier alpha value is -2.89. The van der Waals surface area contributed by atoms with Gasteiger partial charge in [0.05, 0.1) is 18.4 Å². The van der Waals surface area contributed by atoms with E-state index in [1.54, 1.807) is 4.90 Å². The fraction of sp³-hybridized carbons (Fsp3) is 0.308. The number of halogens is 1. The van der Waals surface area contributed by atoms with Crippen LogP contribution >= 0.6 is 11.6 Å². The topological polar surface area (TPSA) is 41.4 Å². The van der Waals surface area contributed by atoms with E-state index in [-0.39, 0.29) is 5.91 Å². The zero-order valence-corrected chi connectivity index (χ0v) is 19.9. The van der Waals surface area contributed by atoms with Crippen molar-refractivity contribution in [3.05, 3.63) is 82.1 Å². The van der Waals surface area contributed by atoms with E-state index < -0.39 is 0 Å². The molecule has 2 aromatic carbocycles. The number of amides is 1. The summed E-state index contributed by atoms with van der Waals surface area (Å²) in [4.78, 5) is 16.7. The lowest BCUT2D eigenvalue weighted by atomic mass is 10.0. The number of anilines is 1. The van der Waals surface area contributed by atoms with Crippen molar-refractivity contribution in [2.45, 2.75) is 27.2 Å². The van der Waals surface area contributed by atoms with Gasteiger partial charge in [-0.3, -0.25) is 9.69 Å². The van der Waals surface area contributed by atoms with E-state index >= 15 is 0 Å². The molecule has 1 aliphatic rings. The summed E-state index contributed by atoms with van der Waals surface area (Å²) in [5.74, 6) is 0.0646. The molecule has 0 atom stereocenters. The van der Waals surface area contributed by atoms with Crippen LogP contribution in [0.5, 0.6) is 0 Å². The van der Waals surface area contributed by atoms with Crippen molar-refractivity contribution < 1.29 is 4.79 Å². The second-order valence-electron chi connectivity index (χ2n) is 8.54. The van der Waals surface area contributed by atoms with Crippen LogP contribution in [0.3, 0.4) is 0 Å². The van der Waals surface area contributed by atoms with Gasteiger partial charge >= 0.3 is 0 Å². The van der Waals surface area contributed by atoms with Gasteiger partial charge in [-0.15, -0.1) is 0 Å². The molecular formula is C26H29ClN4O. The molecule has 0 N–H and O–H groups in total.